The van der Waals surface area contributed by atoms with Crippen LogP contribution in [0.4, 0.5) is 34.8 Å². The fraction of sp³-hybridized carbons (Fsp3) is 0.250. The average molecular weight is 824 g/mol. The number of hydrogen-bond donors (Lipinski definition) is 12. The molecular formula is C40H61N19O. The van der Waals surface area contributed by atoms with Crippen molar-refractivity contribution in [2.75, 3.05) is 40.9 Å². The van der Waals surface area contributed by atoms with E-state index in [2.05, 4.69) is 55.3 Å². The van der Waals surface area contributed by atoms with Gasteiger partial charge in [-0.25, -0.2) is 15.0 Å². The molecule has 6 aromatic heterocycles. The minimum absolute atomic E-state index is 0.104. The molecule has 322 valence electrons. The molecule has 20 nitrogen and oxygen atoms in total. The summed E-state index contributed by atoms with van der Waals surface area (Å²) in [6, 6.07) is 12.9. The quantitative estimate of drug-likeness (QED) is 0.102. The van der Waals surface area contributed by atoms with Crippen molar-refractivity contribution in [3.05, 3.63) is 125 Å². The van der Waals surface area contributed by atoms with Crippen LogP contribution in [0.2, 0.25) is 0 Å². The zero-order valence-corrected chi connectivity index (χ0v) is 35.6. The molecule has 6 aromatic rings. The number of aliphatic imine (C=N–C) groups is 2. The van der Waals surface area contributed by atoms with E-state index in [-0.39, 0.29) is 5.78 Å². The zero-order valence-electron chi connectivity index (χ0n) is 35.6. The van der Waals surface area contributed by atoms with Crippen LogP contribution in [-0.4, -0.2) is 69.3 Å². The maximum atomic E-state index is 10.7. The number of hydrogen-bond acceptors (Lipinski definition) is 16. The maximum Gasteiger partial charge on any atom is 0.161 e. The van der Waals surface area contributed by atoms with Gasteiger partial charge in [-0.2, -0.15) is 10.2 Å². The van der Waals surface area contributed by atoms with Crippen LogP contribution in [0.3, 0.4) is 0 Å². The van der Waals surface area contributed by atoms with Gasteiger partial charge >= 0.3 is 0 Å². The Labute approximate surface area is 350 Å². The van der Waals surface area contributed by atoms with Crippen LogP contribution in [-0.2, 0) is 4.79 Å². The number of carbonyl (C=O) groups is 1. The van der Waals surface area contributed by atoms with E-state index in [9.17, 15) is 4.79 Å². The highest BCUT2D eigenvalue weighted by atomic mass is 16.1. The standard InChI is InChI=1S/C7H9NO.2C6H8N2.C5H8N2.4C4H7N3/c1-5-2-6(8)4-7(9)3-5;1-5-4-6(7)2-3-8-5;1-5-2-3-8-6(7)4-5;1-4-2-3-5(6)7-4;2*1-3-6-2-4(5)7-3;1-3-2-6-7-4(3)5;1-3-2-4(5)7-6-3/h2-3H,4,8H2,1H3;2*2-4H,1H3,(H2,7,8);2-3,7H,6H2,1H3;2H2,1H3,(H2,5,6,7);2H,5H2,1H3,(H,6,7);2*2H,1H3,(H3,5,6,7). The van der Waals surface area contributed by atoms with E-state index in [0.29, 0.717) is 47.8 Å². The summed E-state index contributed by atoms with van der Waals surface area (Å²) in [5, 5.41) is 12.6. The van der Waals surface area contributed by atoms with Crippen LogP contribution in [0.1, 0.15) is 54.3 Å². The van der Waals surface area contributed by atoms with Gasteiger partial charge in [-0.05, 0) is 115 Å². The van der Waals surface area contributed by atoms with Gasteiger partial charge in [-0.1, -0.05) is 0 Å². The van der Waals surface area contributed by atoms with Gasteiger partial charge in [-0.3, -0.25) is 25.0 Å². The summed E-state index contributed by atoms with van der Waals surface area (Å²) in [7, 11) is 0. The van der Waals surface area contributed by atoms with Crippen LogP contribution in [0.5, 0.6) is 0 Å². The molecule has 20 N–H and O–H groups in total. The molecule has 20 heteroatoms. The molecule has 1 aliphatic carbocycles. The monoisotopic (exact) mass is 824 g/mol. The summed E-state index contributed by atoms with van der Waals surface area (Å²) in [5.74, 6) is 5.53. The molecule has 0 aromatic carbocycles. The zero-order chi connectivity index (χ0) is 45.2. The normalized spacial score (nSPS) is 11.8. The summed E-state index contributed by atoms with van der Waals surface area (Å²) in [6.07, 6.45) is 10.5. The molecule has 0 bridgehead atoms. The van der Waals surface area contributed by atoms with Crippen molar-refractivity contribution in [3.8, 4) is 0 Å². The lowest BCUT2D eigenvalue weighted by Crippen LogP contribution is -2.11. The highest BCUT2D eigenvalue weighted by Gasteiger charge is 2.05. The summed E-state index contributed by atoms with van der Waals surface area (Å²) in [5.41, 5.74) is 50.2. The van der Waals surface area contributed by atoms with Gasteiger partial charge in [0, 0.05) is 52.5 Å². The second-order valence-corrected chi connectivity index (χ2v) is 13.2. The van der Waals surface area contributed by atoms with Gasteiger partial charge in [0.15, 0.2) is 5.78 Å². The number of nitrogens with zero attached hydrogens (tertiary/aromatic N) is 7. The van der Waals surface area contributed by atoms with Crippen molar-refractivity contribution in [1.29, 1.82) is 0 Å². The first-order valence-corrected chi connectivity index (χ1v) is 18.3. The summed E-state index contributed by atoms with van der Waals surface area (Å²) >= 11 is 0. The number of aromatic nitrogens is 9. The van der Waals surface area contributed by atoms with Crippen molar-refractivity contribution in [2.24, 2.45) is 21.5 Å². The molecule has 60 heavy (non-hydrogen) atoms. The lowest BCUT2D eigenvalue weighted by atomic mass is 10.1. The van der Waals surface area contributed by atoms with E-state index in [4.69, 9.17) is 45.9 Å². The van der Waals surface area contributed by atoms with Crippen molar-refractivity contribution in [2.45, 2.75) is 61.8 Å². The predicted molar refractivity (Wildman–Crippen MR) is 245 cm³/mol. The first-order valence-electron chi connectivity index (χ1n) is 18.3. The Morgan fingerprint density at radius 1 is 0.650 bits per heavy atom. The van der Waals surface area contributed by atoms with Crippen LogP contribution < -0.4 is 45.9 Å². The van der Waals surface area contributed by atoms with E-state index >= 15 is 0 Å². The number of anilines is 6. The van der Waals surface area contributed by atoms with Crippen molar-refractivity contribution >= 4 is 52.2 Å². The Morgan fingerprint density at radius 3 is 1.60 bits per heavy atom. The lowest BCUT2D eigenvalue weighted by Gasteiger charge is -2.03. The van der Waals surface area contributed by atoms with E-state index in [1.54, 1.807) is 43.0 Å². The van der Waals surface area contributed by atoms with Crippen molar-refractivity contribution in [3.63, 3.8) is 0 Å². The number of carbonyl (C=O) groups excluding carboxylic acids is 1. The Bertz CT molecular complexity index is 2050. The number of nitrogen functional groups attached to an aromatic ring is 6. The highest BCUT2D eigenvalue weighted by molar-refractivity contribution is 6.01. The maximum absolute atomic E-state index is 10.7. The van der Waals surface area contributed by atoms with Gasteiger partial charge in [-0.15, -0.1) is 0 Å². The number of aromatic amines is 4. The van der Waals surface area contributed by atoms with E-state index in [1.165, 1.54) is 0 Å². The average Bonchev–Trinajstić information content (AvgIpc) is 4.00. The third-order valence-electron chi connectivity index (χ3n) is 6.98. The van der Waals surface area contributed by atoms with Gasteiger partial charge in [0.2, 0.25) is 0 Å². The predicted octanol–water partition coefficient (Wildman–Crippen LogP) is 4.27. The smallest absolute Gasteiger partial charge is 0.161 e. The largest absolute Gasteiger partial charge is 0.402 e. The molecule has 0 atom stereocenters. The molecule has 0 radical (unpaired) electrons. The number of nitrogens with two attached hydrogens (primary N) is 8. The minimum Gasteiger partial charge on any atom is -0.402 e. The molecule has 1 aliphatic heterocycles. The summed E-state index contributed by atoms with van der Waals surface area (Å²) in [6.45, 7) is 15.8. The van der Waals surface area contributed by atoms with Gasteiger partial charge in [0.25, 0.3) is 0 Å². The fourth-order valence-corrected chi connectivity index (χ4v) is 4.25. The third kappa shape index (κ3) is 24.6. The summed E-state index contributed by atoms with van der Waals surface area (Å²) < 4.78 is 0. The Balaban J connectivity index is 0.000000343. The molecule has 2 aliphatic rings. The van der Waals surface area contributed by atoms with E-state index < -0.39 is 0 Å². The number of H-pyrrole nitrogens is 4. The molecule has 0 fully saturated rings. The first-order chi connectivity index (χ1) is 28.2. The molecule has 0 amide bonds. The topological polar surface area (TPSA) is 378 Å². The van der Waals surface area contributed by atoms with Crippen molar-refractivity contribution in [1.82, 2.24) is 45.3 Å². The van der Waals surface area contributed by atoms with Crippen LogP contribution in [0.15, 0.2) is 101 Å². The molecule has 0 saturated carbocycles. The highest BCUT2D eigenvalue weighted by Crippen LogP contribution is 2.09. The minimum atomic E-state index is 0.104. The Hall–Kier alpha value is -7.90. The number of ketones is 1. The van der Waals surface area contributed by atoms with Crippen LogP contribution in [0.25, 0.3) is 0 Å². The van der Waals surface area contributed by atoms with Crippen LogP contribution in [0, 0.1) is 41.5 Å². The number of allylic oxidation sites excluding steroid dienone is 4. The Kier molecular flexibility index (Phi) is 22.4. The number of aryl methyl sites for hydroxylation is 6. The Morgan fingerprint density at radius 2 is 1.35 bits per heavy atom. The van der Waals surface area contributed by atoms with Crippen molar-refractivity contribution < 1.29 is 4.79 Å². The second kappa shape index (κ2) is 26.9. The SMILES string of the molecule is CC1=CC(=O)CC(N)=C1.CC1=NCC(N)=N1.Cc1cc(N)ccn1.Cc1cc(N)n[nH]1.Cc1ccc(N)[nH]1.Cc1ccnc(N)c1.Cc1cn[nH]c1N.Cc1ncc(N)[nH]1. The number of pyridine rings is 2. The molecule has 7 heterocycles. The summed E-state index contributed by atoms with van der Waals surface area (Å²) in [4.78, 5) is 35.8. The first kappa shape index (κ1) is 50.1. The number of nitrogens with one attached hydrogen (secondary N) is 4. The van der Waals surface area contributed by atoms with E-state index in [1.807, 2.05) is 91.8 Å². The number of rotatable bonds is 0. The third-order valence-corrected chi connectivity index (χ3v) is 6.98. The fourth-order valence-electron chi connectivity index (χ4n) is 4.25. The van der Waals surface area contributed by atoms with Gasteiger partial charge < -0.3 is 55.8 Å². The molecular weight excluding hydrogens is 763 g/mol. The molecule has 0 unspecified atom stereocenters. The molecule has 0 saturated heterocycles. The number of imidazole rings is 1. The van der Waals surface area contributed by atoms with Crippen LogP contribution >= 0.6 is 0 Å². The van der Waals surface area contributed by atoms with Gasteiger partial charge in [0.05, 0.1) is 25.4 Å². The van der Waals surface area contributed by atoms with Gasteiger partial charge in [0.1, 0.15) is 46.6 Å². The van der Waals surface area contributed by atoms with E-state index in [0.717, 1.165) is 56.9 Å². The molecule has 8 rings (SSSR count). The molecule has 0 spiro atoms. The number of amidine groups is 2. The lowest BCUT2D eigenvalue weighted by molar-refractivity contribution is -0.114. The second-order valence-electron chi connectivity index (χ2n) is 13.2.